The molecule has 0 fully saturated rings. The Morgan fingerprint density at radius 1 is 1.06 bits per heavy atom. The number of nitrogens with zero attached hydrogens (tertiary/aromatic N) is 1. The number of ether oxygens (including phenoxy) is 1. The lowest BCUT2D eigenvalue weighted by Crippen LogP contribution is -2.23. The highest BCUT2D eigenvalue weighted by atomic mass is 16.5. The number of methoxy groups -OCH3 is 1. The van der Waals surface area contributed by atoms with E-state index >= 15 is 0 Å². The van der Waals surface area contributed by atoms with Crippen molar-refractivity contribution in [2.24, 2.45) is 7.05 Å². The maximum Gasteiger partial charge on any atom is 0.274 e. The first-order valence-electron chi connectivity index (χ1n) is 10.1. The average Bonchev–Trinajstić information content (AvgIpc) is 3.30. The Kier molecular flexibility index (Phi) is 5.97. The lowest BCUT2D eigenvalue weighted by molar-refractivity contribution is 0.0706. The Balaban J connectivity index is 1.60. The molecule has 0 saturated heterocycles. The van der Waals surface area contributed by atoms with Crippen molar-refractivity contribution in [2.75, 3.05) is 7.11 Å². The number of nitrogens with one attached hydrogen (secondary N) is 3. The molecule has 0 aliphatic heterocycles. The van der Waals surface area contributed by atoms with E-state index in [9.17, 15) is 14.4 Å². The molecule has 2 aromatic carbocycles. The van der Waals surface area contributed by atoms with Gasteiger partial charge in [-0.3, -0.25) is 19.6 Å². The van der Waals surface area contributed by atoms with Gasteiger partial charge >= 0.3 is 0 Å². The normalized spacial score (nSPS) is 10.8. The standard InChI is InChI=1S/C24H22N4O5/c1-28-13-19(15-7-9-17(33-2)10-8-15)18-11-20(26-21(18)24(28)31)23(30)25-12-14-3-5-16(6-4-14)22(29)27-32/h3-11,13,26,32H,12H2,1-2H3,(H,25,30)(H,27,29). The molecule has 0 atom stereocenters. The summed E-state index contributed by atoms with van der Waals surface area (Å²) < 4.78 is 6.69. The third-order valence-corrected chi connectivity index (χ3v) is 5.38. The van der Waals surface area contributed by atoms with E-state index < -0.39 is 5.91 Å². The number of carbonyl (C=O) groups is 2. The SMILES string of the molecule is COc1ccc(-c2cn(C)c(=O)c3[nH]c(C(=O)NCc4ccc(C(=O)NO)cc4)cc23)cc1. The van der Waals surface area contributed by atoms with Crippen molar-refractivity contribution in [3.8, 4) is 16.9 Å². The monoisotopic (exact) mass is 446 g/mol. The zero-order chi connectivity index (χ0) is 23.5. The Morgan fingerprint density at radius 3 is 2.39 bits per heavy atom. The molecule has 0 bridgehead atoms. The fraction of sp³-hybridized carbons (Fsp3) is 0.125. The summed E-state index contributed by atoms with van der Waals surface area (Å²) in [7, 11) is 3.26. The first kappa shape index (κ1) is 21.8. The number of aromatic nitrogens is 2. The van der Waals surface area contributed by atoms with Crippen molar-refractivity contribution < 1.29 is 19.5 Å². The number of amides is 2. The maximum atomic E-state index is 12.8. The molecular weight excluding hydrogens is 424 g/mol. The van der Waals surface area contributed by atoms with Gasteiger partial charge in [0.2, 0.25) is 0 Å². The van der Waals surface area contributed by atoms with Crippen molar-refractivity contribution in [1.29, 1.82) is 0 Å². The molecule has 0 saturated carbocycles. The van der Waals surface area contributed by atoms with Gasteiger partial charge < -0.3 is 19.6 Å². The molecule has 33 heavy (non-hydrogen) atoms. The predicted molar refractivity (Wildman–Crippen MR) is 122 cm³/mol. The van der Waals surface area contributed by atoms with Crippen LogP contribution in [-0.4, -0.2) is 33.7 Å². The summed E-state index contributed by atoms with van der Waals surface area (Å²) >= 11 is 0. The quantitative estimate of drug-likeness (QED) is 0.268. The Labute approximate surface area is 188 Å². The Morgan fingerprint density at radius 2 is 1.76 bits per heavy atom. The van der Waals surface area contributed by atoms with Gasteiger partial charge in [-0.15, -0.1) is 0 Å². The van der Waals surface area contributed by atoms with Crippen LogP contribution in [0.15, 0.2) is 65.6 Å². The summed E-state index contributed by atoms with van der Waals surface area (Å²) in [6.07, 6.45) is 1.74. The molecule has 4 N–H and O–H groups in total. The molecule has 2 aromatic heterocycles. The summed E-state index contributed by atoms with van der Waals surface area (Å²) in [4.78, 5) is 39.8. The number of hydrogen-bond donors (Lipinski definition) is 4. The molecule has 0 aliphatic carbocycles. The number of hydroxylamine groups is 1. The smallest absolute Gasteiger partial charge is 0.274 e. The van der Waals surface area contributed by atoms with Crippen LogP contribution in [-0.2, 0) is 13.6 Å². The minimum absolute atomic E-state index is 0.221. The van der Waals surface area contributed by atoms with Gasteiger partial charge in [0.1, 0.15) is 17.0 Å². The fourth-order valence-corrected chi connectivity index (χ4v) is 3.57. The number of aryl methyl sites for hydroxylation is 1. The lowest BCUT2D eigenvalue weighted by Gasteiger charge is -2.07. The van der Waals surface area contributed by atoms with Crippen molar-refractivity contribution >= 4 is 22.7 Å². The Hall–Kier alpha value is -4.37. The minimum Gasteiger partial charge on any atom is -0.497 e. The summed E-state index contributed by atoms with van der Waals surface area (Å²) in [6.45, 7) is 0.221. The number of hydrogen-bond acceptors (Lipinski definition) is 5. The number of pyridine rings is 1. The predicted octanol–water partition coefficient (Wildman–Crippen LogP) is 2.59. The number of H-pyrrole nitrogens is 1. The van der Waals surface area contributed by atoms with Gasteiger partial charge in [0.05, 0.1) is 7.11 Å². The molecule has 0 radical (unpaired) electrons. The van der Waals surface area contributed by atoms with Crippen LogP contribution in [0.5, 0.6) is 5.75 Å². The minimum atomic E-state index is -0.613. The summed E-state index contributed by atoms with van der Waals surface area (Å²) in [5, 5.41) is 12.1. The van der Waals surface area contributed by atoms with Gasteiger partial charge in [0.25, 0.3) is 17.4 Å². The molecule has 9 nitrogen and oxygen atoms in total. The second-order valence-electron chi connectivity index (χ2n) is 7.48. The van der Waals surface area contributed by atoms with Crippen LogP contribution < -0.4 is 21.1 Å². The summed E-state index contributed by atoms with van der Waals surface area (Å²) in [5.41, 5.74) is 4.69. The van der Waals surface area contributed by atoms with Crippen LogP contribution >= 0.6 is 0 Å². The van der Waals surface area contributed by atoms with Gasteiger partial charge in [0, 0.05) is 36.3 Å². The zero-order valence-corrected chi connectivity index (χ0v) is 18.0. The molecule has 4 aromatic rings. The van der Waals surface area contributed by atoms with Crippen molar-refractivity contribution in [2.45, 2.75) is 6.54 Å². The molecule has 2 heterocycles. The van der Waals surface area contributed by atoms with Gasteiger partial charge in [-0.1, -0.05) is 24.3 Å². The summed E-state index contributed by atoms with van der Waals surface area (Å²) in [5.74, 6) is -0.261. The van der Waals surface area contributed by atoms with Crippen LogP contribution in [0.3, 0.4) is 0 Å². The number of benzene rings is 2. The lowest BCUT2D eigenvalue weighted by atomic mass is 10.0. The van der Waals surface area contributed by atoms with E-state index in [-0.39, 0.29) is 23.7 Å². The first-order chi connectivity index (χ1) is 15.9. The molecular formula is C24H22N4O5. The summed E-state index contributed by atoms with van der Waals surface area (Å²) in [6, 6.07) is 15.6. The molecule has 0 spiro atoms. The van der Waals surface area contributed by atoms with Crippen LogP contribution in [0.25, 0.3) is 22.0 Å². The van der Waals surface area contributed by atoms with Crippen LogP contribution in [0, 0.1) is 0 Å². The number of aromatic amines is 1. The van der Waals surface area contributed by atoms with Gasteiger partial charge in [0.15, 0.2) is 0 Å². The number of carbonyl (C=O) groups excluding carboxylic acids is 2. The molecule has 0 aliphatic rings. The highest BCUT2D eigenvalue weighted by molar-refractivity contribution is 6.02. The van der Waals surface area contributed by atoms with Crippen LogP contribution in [0.4, 0.5) is 0 Å². The molecule has 9 heteroatoms. The topological polar surface area (TPSA) is 125 Å². The molecule has 2 amide bonds. The molecule has 168 valence electrons. The van der Waals surface area contributed by atoms with Crippen molar-refractivity contribution in [3.05, 3.63) is 88.0 Å². The van der Waals surface area contributed by atoms with Gasteiger partial charge in [-0.2, -0.15) is 0 Å². The molecule has 0 unspecified atom stereocenters. The van der Waals surface area contributed by atoms with Crippen LogP contribution in [0.2, 0.25) is 0 Å². The second kappa shape index (κ2) is 9.01. The number of fused-ring (bicyclic) bond motifs is 1. The van der Waals surface area contributed by atoms with E-state index in [2.05, 4.69) is 10.3 Å². The van der Waals surface area contributed by atoms with E-state index in [1.807, 2.05) is 24.3 Å². The van der Waals surface area contributed by atoms with E-state index in [4.69, 9.17) is 9.94 Å². The van der Waals surface area contributed by atoms with Crippen molar-refractivity contribution in [3.63, 3.8) is 0 Å². The van der Waals surface area contributed by atoms with Crippen molar-refractivity contribution in [1.82, 2.24) is 20.3 Å². The zero-order valence-electron chi connectivity index (χ0n) is 18.0. The van der Waals surface area contributed by atoms with Gasteiger partial charge in [-0.05, 0) is 41.5 Å². The second-order valence-corrected chi connectivity index (χ2v) is 7.48. The number of rotatable bonds is 6. The fourth-order valence-electron chi connectivity index (χ4n) is 3.57. The third kappa shape index (κ3) is 4.35. The third-order valence-electron chi connectivity index (χ3n) is 5.38. The van der Waals surface area contributed by atoms with E-state index in [1.165, 1.54) is 4.57 Å². The average molecular weight is 446 g/mol. The Bertz CT molecular complexity index is 1390. The highest BCUT2D eigenvalue weighted by Crippen LogP contribution is 2.29. The highest BCUT2D eigenvalue weighted by Gasteiger charge is 2.16. The maximum absolute atomic E-state index is 12.8. The van der Waals surface area contributed by atoms with E-state index in [1.54, 1.807) is 56.2 Å². The molecule has 4 rings (SSSR count). The largest absolute Gasteiger partial charge is 0.497 e. The first-order valence-corrected chi connectivity index (χ1v) is 10.1. The van der Waals surface area contributed by atoms with E-state index in [0.717, 1.165) is 22.4 Å². The van der Waals surface area contributed by atoms with E-state index in [0.29, 0.717) is 16.5 Å². The van der Waals surface area contributed by atoms with Gasteiger partial charge in [-0.25, -0.2) is 5.48 Å². The van der Waals surface area contributed by atoms with Crippen LogP contribution in [0.1, 0.15) is 26.4 Å².